The lowest BCUT2D eigenvalue weighted by Crippen LogP contribution is -2.30. The highest BCUT2D eigenvalue weighted by Gasteiger charge is 2.22. The first-order chi connectivity index (χ1) is 15.0. The molecule has 0 atom stereocenters. The molecule has 0 saturated heterocycles. The quantitative estimate of drug-likeness (QED) is 0.534. The molecule has 0 aliphatic carbocycles. The van der Waals surface area contributed by atoms with Crippen LogP contribution in [0.4, 0.5) is 17.2 Å². The van der Waals surface area contributed by atoms with Crippen LogP contribution in [0.2, 0.25) is 0 Å². The number of nitrogens with zero attached hydrogens (tertiary/aromatic N) is 6. The zero-order valence-electron chi connectivity index (χ0n) is 17.4. The molecule has 3 N–H and O–H groups in total. The van der Waals surface area contributed by atoms with Gasteiger partial charge in [-0.05, 0) is 42.0 Å². The third-order valence-corrected chi connectivity index (χ3v) is 5.48. The van der Waals surface area contributed by atoms with Gasteiger partial charge in [0.05, 0.1) is 30.1 Å². The Bertz CT molecular complexity index is 1290. The highest BCUT2D eigenvalue weighted by atomic mass is 16.3. The number of hydrogen-bond acceptors (Lipinski definition) is 7. The molecule has 0 radical (unpaired) electrons. The van der Waals surface area contributed by atoms with Crippen LogP contribution in [0.15, 0.2) is 65.9 Å². The first kappa shape index (κ1) is 18.9. The molecule has 1 aliphatic rings. The number of anilines is 3. The summed E-state index contributed by atoms with van der Waals surface area (Å²) in [5.41, 5.74) is 11.1. The molecule has 3 heterocycles. The molecule has 1 aliphatic heterocycles. The monoisotopic (exact) mass is 413 g/mol. The summed E-state index contributed by atoms with van der Waals surface area (Å²) in [6.07, 6.45) is 3.72. The zero-order chi connectivity index (χ0) is 21.5. The zero-order valence-corrected chi connectivity index (χ0v) is 17.4. The lowest BCUT2D eigenvalue weighted by atomic mass is 10.1. The van der Waals surface area contributed by atoms with Crippen molar-refractivity contribution < 1.29 is 5.11 Å². The Morgan fingerprint density at radius 2 is 1.87 bits per heavy atom. The number of hydrogen-bond donors (Lipinski definition) is 2. The Balaban J connectivity index is 1.48. The normalized spacial score (nSPS) is 13.2. The minimum atomic E-state index is 0.260. The van der Waals surface area contributed by atoms with Crippen molar-refractivity contribution in [3.63, 3.8) is 0 Å². The summed E-state index contributed by atoms with van der Waals surface area (Å²) in [4.78, 5) is 13.1. The minimum absolute atomic E-state index is 0.260. The Kier molecular flexibility index (Phi) is 4.47. The summed E-state index contributed by atoms with van der Waals surface area (Å²) in [7, 11) is 3.90. The van der Waals surface area contributed by atoms with Crippen LogP contribution >= 0.6 is 0 Å². The molecular weight excluding hydrogens is 390 g/mol. The van der Waals surface area contributed by atoms with Crippen molar-refractivity contribution in [3.8, 4) is 5.75 Å². The van der Waals surface area contributed by atoms with E-state index in [2.05, 4.69) is 38.2 Å². The summed E-state index contributed by atoms with van der Waals surface area (Å²) in [5, 5.41) is 15.1. The Morgan fingerprint density at radius 3 is 2.65 bits per heavy atom. The Labute approximate surface area is 179 Å². The first-order valence-corrected chi connectivity index (χ1v) is 9.98. The van der Waals surface area contributed by atoms with Gasteiger partial charge in [0.25, 0.3) is 0 Å². The van der Waals surface area contributed by atoms with E-state index in [1.807, 2.05) is 54.3 Å². The molecule has 8 heteroatoms. The molecular formula is C23H23N7O. The number of aromatic nitrogens is 3. The summed E-state index contributed by atoms with van der Waals surface area (Å²) < 4.78 is 1.96. The minimum Gasteiger partial charge on any atom is -0.508 e. The lowest BCUT2D eigenvalue weighted by Gasteiger charge is -2.29. The molecule has 0 unspecified atom stereocenters. The maximum absolute atomic E-state index is 9.49. The van der Waals surface area contributed by atoms with Gasteiger partial charge in [0.1, 0.15) is 24.1 Å². The number of fused-ring (bicyclic) bond motifs is 2. The van der Waals surface area contributed by atoms with E-state index in [4.69, 9.17) is 5.73 Å². The van der Waals surface area contributed by atoms with Crippen LogP contribution in [0.3, 0.4) is 0 Å². The van der Waals surface area contributed by atoms with E-state index in [-0.39, 0.29) is 5.75 Å². The predicted octanol–water partition coefficient (Wildman–Crippen LogP) is 3.07. The fourth-order valence-electron chi connectivity index (χ4n) is 3.77. The molecule has 4 aromatic rings. The molecule has 2 aromatic heterocycles. The van der Waals surface area contributed by atoms with E-state index in [1.165, 1.54) is 0 Å². The van der Waals surface area contributed by atoms with Gasteiger partial charge in [-0.3, -0.25) is 4.68 Å². The van der Waals surface area contributed by atoms with Crippen molar-refractivity contribution >= 4 is 33.9 Å². The molecule has 0 amide bonds. The third-order valence-electron chi connectivity index (χ3n) is 5.48. The van der Waals surface area contributed by atoms with Crippen molar-refractivity contribution in [1.82, 2.24) is 14.8 Å². The molecule has 0 fully saturated rings. The number of phenolic OH excluding ortho intramolecular Hbond substituents is 1. The van der Waals surface area contributed by atoms with Crippen LogP contribution in [0.1, 0.15) is 11.1 Å². The average molecular weight is 413 g/mol. The summed E-state index contributed by atoms with van der Waals surface area (Å²) in [6.45, 7) is 1.07. The number of nitrogens with two attached hydrogens (primary N) is 1. The van der Waals surface area contributed by atoms with Gasteiger partial charge < -0.3 is 20.6 Å². The third kappa shape index (κ3) is 3.42. The highest BCUT2D eigenvalue weighted by Crippen LogP contribution is 2.34. The maximum atomic E-state index is 9.49. The van der Waals surface area contributed by atoms with Crippen molar-refractivity contribution in [2.75, 3.05) is 30.6 Å². The number of aromatic hydroxyl groups is 1. The van der Waals surface area contributed by atoms with Crippen molar-refractivity contribution in [1.29, 1.82) is 0 Å². The second kappa shape index (κ2) is 7.32. The topological polar surface area (TPSA) is 95.8 Å². The van der Waals surface area contributed by atoms with Gasteiger partial charge in [-0.1, -0.05) is 12.1 Å². The molecule has 8 nitrogen and oxygen atoms in total. The first-order valence-electron chi connectivity index (χ1n) is 9.98. The van der Waals surface area contributed by atoms with Crippen molar-refractivity contribution in [3.05, 3.63) is 72.1 Å². The molecule has 0 spiro atoms. The van der Waals surface area contributed by atoms with Gasteiger partial charge >= 0.3 is 0 Å². The standard InChI is InChI=1S/C23H23N7O/c1-28(2)22-10-19-21(12-25-22)29(14-26-23(19)24)17-5-8-20-16(9-17)11-27-30(20)13-15-3-6-18(31)7-4-15/h3-12,31H,13-14H2,1-2H3,(H2,24,26). The SMILES string of the molecule is CN(C)c1cc2c(cn1)N(c1ccc3c(cnn3Cc3ccc(O)cc3)c1)CN=C2N. The summed E-state index contributed by atoms with van der Waals surface area (Å²) >= 11 is 0. The van der Waals surface area contributed by atoms with Gasteiger partial charge in [-0.25, -0.2) is 9.98 Å². The van der Waals surface area contributed by atoms with Gasteiger partial charge in [0.2, 0.25) is 0 Å². The van der Waals surface area contributed by atoms with E-state index >= 15 is 0 Å². The maximum Gasteiger partial charge on any atom is 0.129 e. The van der Waals surface area contributed by atoms with Crippen molar-refractivity contribution in [2.24, 2.45) is 10.7 Å². The van der Waals surface area contributed by atoms with Crippen LogP contribution in [0.25, 0.3) is 10.9 Å². The Hall–Kier alpha value is -4.07. The fraction of sp³-hybridized carbons (Fsp3) is 0.174. The second-order valence-corrected chi connectivity index (χ2v) is 7.78. The molecule has 2 aromatic carbocycles. The largest absolute Gasteiger partial charge is 0.508 e. The van der Waals surface area contributed by atoms with Crippen LogP contribution in [0, 0.1) is 0 Å². The van der Waals surface area contributed by atoms with E-state index < -0.39 is 0 Å². The number of amidine groups is 1. The van der Waals surface area contributed by atoms with E-state index in [1.54, 1.807) is 12.1 Å². The van der Waals surface area contributed by atoms with Crippen LogP contribution in [-0.2, 0) is 6.54 Å². The van der Waals surface area contributed by atoms with Gasteiger partial charge in [0, 0.05) is 30.7 Å². The molecule has 156 valence electrons. The summed E-state index contributed by atoms with van der Waals surface area (Å²) in [5.74, 6) is 1.63. The average Bonchev–Trinajstić information content (AvgIpc) is 3.17. The van der Waals surface area contributed by atoms with E-state index in [0.717, 1.165) is 39.2 Å². The van der Waals surface area contributed by atoms with Crippen molar-refractivity contribution in [2.45, 2.75) is 6.54 Å². The predicted molar refractivity (Wildman–Crippen MR) is 123 cm³/mol. The second-order valence-electron chi connectivity index (χ2n) is 7.78. The van der Waals surface area contributed by atoms with Gasteiger partial charge in [0.15, 0.2) is 0 Å². The number of aliphatic imine (C=N–C) groups is 1. The van der Waals surface area contributed by atoms with Crippen LogP contribution in [0.5, 0.6) is 5.75 Å². The Morgan fingerprint density at radius 1 is 1.06 bits per heavy atom. The smallest absolute Gasteiger partial charge is 0.129 e. The lowest BCUT2D eigenvalue weighted by molar-refractivity contribution is 0.475. The number of phenols is 1. The highest BCUT2D eigenvalue weighted by molar-refractivity contribution is 6.05. The molecule has 5 rings (SSSR count). The van der Waals surface area contributed by atoms with E-state index in [9.17, 15) is 5.11 Å². The van der Waals surface area contributed by atoms with Gasteiger partial charge in [-0.2, -0.15) is 5.10 Å². The molecule has 0 saturated carbocycles. The van der Waals surface area contributed by atoms with E-state index in [0.29, 0.717) is 19.0 Å². The van der Waals surface area contributed by atoms with Crippen LogP contribution in [-0.4, -0.2) is 46.5 Å². The van der Waals surface area contributed by atoms with Gasteiger partial charge in [-0.15, -0.1) is 0 Å². The number of rotatable bonds is 4. The molecule has 0 bridgehead atoms. The summed E-state index contributed by atoms with van der Waals surface area (Å²) in [6, 6.07) is 15.4. The fourth-order valence-corrected chi connectivity index (χ4v) is 3.77. The molecule has 31 heavy (non-hydrogen) atoms. The van der Waals surface area contributed by atoms with Crippen LogP contribution < -0.4 is 15.5 Å². The number of benzene rings is 2. The number of pyridine rings is 1.